The van der Waals surface area contributed by atoms with Gasteiger partial charge in [0.2, 0.25) is 0 Å². The van der Waals surface area contributed by atoms with Crippen molar-refractivity contribution in [3.63, 3.8) is 0 Å². The molecule has 2 heterocycles. The normalized spacial score (nSPS) is 22.2. The lowest BCUT2D eigenvalue weighted by atomic mass is 9.74. The third-order valence-corrected chi connectivity index (χ3v) is 8.67. The highest BCUT2D eigenvalue weighted by Crippen LogP contribution is 2.57. The van der Waals surface area contributed by atoms with E-state index in [9.17, 15) is 23.9 Å². The Morgan fingerprint density at radius 1 is 1.00 bits per heavy atom. The number of ketones is 1. The van der Waals surface area contributed by atoms with Crippen LogP contribution in [0.2, 0.25) is 5.02 Å². The minimum atomic E-state index is -1.83. The van der Waals surface area contributed by atoms with Crippen LogP contribution in [0.3, 0.4) is 0 Å². The van der Waals surface area contributed by atoms with Crippen LogP contribution in [0.15, 0.2) is 90.3 Å². The molecule has 0 saturated carbocycles. The van der Waals surface area contributed by atoms with Gasteiger partial charge in [-0.1, -0.05) is 59.6 Å². The summed E-state index contributed by atoms with van der Waals surface area (Å²) in [5.41, 5.74) is 0.301. The molecule has 40 heavy (non-hydrogen) atoms. The first-order valence-electron chi connectivity index (χ1n) is 12.6. The van der Waals surface area contributed by atoms with Crippen LogP contribution in [0.5, 0.6) is 0 Å². The standard InChI is InChI=1S/C31H26ClFN2O4S/c1-18-6-3-7-19(16-18)27-25(28(36)20-8-4-9-21(32)17-20)26(24-10-5-15-40-24)31(2,29(37)38)35(27)30(39)34-23-13-11-22(33)12-14-23/h3-17,25-27H,1-2H3,(H,34,39)(H,37,38). The molecule has 0 spiro atoms. The Labute approximate surface area is 240 Å². The van der Waals surface area contributed by atoms with Gasteiger partial charge in [-0.25, -0.2) is 14.0 Å². The molecule has 0 bridgehead atoms. The number of benzene rings is 3. The highest BCUT2D eigenvalue weighted by atomic mass is 35.5. The maximum atomic E-state index is 14.4. The van der Waals surface area contributed by atoms with Crippen molar-refractivity contribution in [2.75, 3.05) is 5.32 Å². The van der Waals surface area contributed by atoms with Gasteiger partial charge in [-0.05, 0) is 67.3 Å². The molecule has 5 rings (SSSR count). The average molecular weight is 577 g/mol. The molecule has 3 aromatic carbocycles. The summed E-state index contributed by atoms with van der Waals surface area (Å²) < 4.78 is 13.6. The predicted octanol–water partition coefficient (Wildman–Crippen LogP) is 7.56. The monoisotopic (exact) mass is 576 g/mol. The van der Waals surface area contributed by atoms with Crippen LogP contribution >= 0.6 is 22.9 Å². The van der Waals surface area contributed by atoms with Crippen molar-refractivity contribution in [2.24, 2.45) is 5.92 Å². The van der Waals surface area contributed by atoms with E-state index in [0.717, 1.165) is 5.56 Å². The van der Waals surface area contributed by atoms with E-state index in [1.807, 2.05) is 30.5 Å². The van der Waals surface area contributed by atoms with Gasteiger partial charge in [-0.2, -0.15) is 0 Å². The Kier molecular flexibility index (Phi) is 7.49. The molecule has 4 atom stereocenters. The number of thiophene rings is 1. The topological polar surface area (TPSA) is 86.7 Å². The van der Waals surface area contributed by atoms with Gasteiger partial charge in [0.1, 0.15) is 11.4 Å². The quantitative estimate of drug-likeness (QED) is 0.232. The maximum Gasteiger partial charge on any atom is 0.330 e. The fourth-order valence-corrected chi connectivity index (χ4v) is 6.87. The number of aliphatic carboxylic acids is 1. The third-order valence-electron chi connectivity index (χ3n) is 7.48. The highest BCUT2D eigenvalue weighted by Gasteiger charge is 2.65. The smallest absolute Gasteiger partial charge is 0.330 e. The summed E-state index contributed by atoms with van der Waals surface area (Å²) >= 11 is 7.58. The van der Waals surface area contributed by atoms with E-state index in [4.69, 9.17) is 11.6 Å². The molecule has 1 aliphatic heterocycles. The molecule has 0 radical (unpaired) electrons. The second-order valence-corrected chi connectivity index (χ2v) is 11.4. The van der Waals surface area contributed by atoms with E-state index in [1.54, 1.807) is 42.5 Å². The van der Waals surface area contributed by atoms with E-state index in [-0.39, 0.29) is 5.78 Å². The SMILES string of the molecule is Cc1cccc(C2C(C(=O)c3cccc(Cl)c3)C(c3cccs3)C(C)(C(=O)O)N2C(=O)Nc2ccc(F)cc2)c1. The van der Waals surface area contributed by atoms with Crippen molar-refractivity contribution in [2.45, 2.75) is 31.3 Å². The van der Waals surface area contributed by atoms with Gasteiger partial charge in [-0.3, -0.25) is 9.69 Å². The van der Waals surface area contributed by atoms with Gasteiger partial charge >= 0.3 is 12.0 Å². The zero-order chi connectivity index (χ0) is 28.6. The summed E-state index contributed by atoms with van der Waals surface area (Å²) in [4.78, 5) is 43.7. The summed E-state index contributed by atoms with van der Waals surface area (Å²) in [6.45, 7) is 3.38. The Morgan fingerprint density at radius 3 is 2.35 bits per heavy atom. The maximum absolute atomic E-state index is 14.4. The van der Waals surface area contributed by atoms with Crippen molar-refractivity contribution in [3.8, 4) is 0 Å². The molecule has 0 aliphatic carbocycles. The number of hydrogen-bond acceptors (Lipinski definition) is 4. The molecule has 4 unspecified atom stereocenters. The van der Waals surface area contributed by atoms with Crippen LogP contribution in [-0.4, -0.2) is 33.3 Å². The molecule has 4 aromatic rings. The number of rotatable bonds is 6. The summed E-state index contributed by atoms with van der Waals surface area (Å²) in [5, 5.41) is 15.7. The summed E-state index contributed by atoms with van der Waals surface area (Å²) in [6, 6.07) is 21.0. The van der Waals surface area contributed by atoms with Crippen molar-refractivity contribution in [1.29, 1.82) is 0 Å². The molecule has 1 aliphatic rings. The number of nitrogens with zero attached hydrogens (tertiary/aromatic N) is 1. The minimum Gasteiger partial charge on any atom is -0.479 e. The van der Waals surface area contributed by atoms with Gasteiger partial charge in [-0.15, -0.1) is 11.3 Å². The number of Topliss-reactive ketones (excluding diaryl/α,β-unsaturated/α-hetero) is 1. The fraction of sp³-hybridized carbons (Fsp3) is 0.194. The third kappa shape index (κ3) is 4.89. The van der Waals surface area contributed by atoms with Crippen LogP contribution in [0.25, 0.3) is 0 Å². The lowest BCUT2D eigenvalue weighted by molar-refractivity contribution is -0.148. The van der Waals surface area contributed by atoms with Crippen molar-refractivity contribution >= 4 is 46.4 Å². The van der Waals surface area contributed by atoms with Crippen LogP contribution in [0, 0.1) is 18.7 Å². The van der Waals surface area contributed by atoms with Crippen LogP contribution in [0.4, 0.5) is 14.9 Å². The largest absolute Gasteiger partial charge is 0.479 e. The average Bonchev–Trinajstić information content (AvgIpc) is 3.54. The van der Waals surface area contributed by atoms with Crippen LogP contribution in [0.1, 0.15) is 45.2 Å². The highest BCUT2D eigenvalue weighted by molar-refractivity contribution is 7.10. The summed E-state index contributed by atoms with van der Waals surface area (Å²) in [5.74, 6) is -3.90. The van der Waals surface area contributed by atoms with Crippen molar-refractivity contribution in [1.82, 2.24) is 4.90 Å². The first-order valence-corrected chi connectivity index (χ1v) is 13.9. The summed E-state index contributed by atoms with van der Waals surface area (Å²) in [7, 11) is 0. The lowest BCUT2D eigenvalue weighted by Crippen LogP contribution is -2.55. The first kappa shape index (κ1) is 27.6. The van der Waals surface area contributed by atoms with Gasteiger partial charge in [0, 0.05) is 27.1 Å². The minimum absolute atomic E-state index is 0.291. The zero-order valence-corrected chi connectivity index (χ0v) is 23.2. The lowest BCUT2D eigenvalue weighted by Gasteiger charge is -2.37. The Hall–Kier alpha value is -4.01. The van der Waals surface area contributed by atoms with Crippen LogP contribution in [-0.2, 0) is 4.79 Å². The Morgan fingerprint density at radius 2 is 1.73 bits per heavy atom. The first-order chi connectivity index (χ1) is 19.1. The number of hydrogen-bond donors (Lipinski definition) is 2. The number of carbonyl (C=O) groups is 3. The second-order valence-electron chi connectivity index (χ2n) is 10.0. The zero-order valence-electron chi connectivity index (χ0n) is 21.7. The number of carbonyl (C=O) groups excluding carboxylic acids is 2. The van der Waals surface area contributed by atoms with E-state index in [0.29, 0.717) is 26.7 Å². The van der Waals surface area contributed by atoms with Gasteiger partial charge in [0.05, 0.1) is 12.0 Å². The van der Waals surface area contributed by atoms with E-state index >= 15 is 0 Å². The molecule has 1 aromatic heterocycles. The molecule has 1 fully saturated rings. The molecule has 1 saturated heterocycles. The molecule has 9 heteroatoms. The second kappa shape index (κ2) is 10.9. The number of anilines is 1. The summed E-state index contributed by atoms with van der Waals surface area (Å²) in [6.07, 6.45) is 0. The number of nitrogens with one attached hydrogen (secondary N) is 1. The molecule has 204 valence electrons. The number of carboxylic acids is 1. The fourth-order valence-electron chi connectivity index (χ4n) is 5.68. The Balaban J connectivity index is 1.75. The molecular weight excluding hydrogens is 551 g/mol. The Bertz CT molecular complexity index is 1580. The van der Waals surface area contributed by atoms with E-state index < -0.39 is 41.2 Å². The van der Waals surface area contributed by atoms with E-state index in [2.05, 4.69) is 5.32 Å². The molecule has 6 nitrogen and oxygen atoms in total. The van der Waals surface area contributed by atoms with Gasteiger partial charge in [0.25, 0.3) is 0 Å². The van der Waals surface area contributed by atoms with Gasteiger partial charge in [0.15, 0.2) is 5.78 Å². The van der Waals surface area contributed by atoms with Crippen molar-refractivity contribution < 1.29 is 23.9 Å². The number of likely N-dealkylation sites (tertiary alicyclic amines) is 1. The molecular formula is C31H26ClFN2O4S. The molecule has 2 amide bonds. The number of carboxylic acid groups (broad SMARTS) is 1. The van der Waals surface area contributed by atoms with E-state index in [1.165, 1.54) is 47.4 Å². The number of aryl methyl sites for hydroxylation is 1. The predicted molar refractivity (Wildman–Crippen MR) is 154 cm³/mol. The van der Waals surface area contributed by atoms with Gasteiger partial charge < -0.3 is 10.4 Å². The number of halogens is 2. The van der Waals surface area contributed by atoms with Crippen molar-refractivity contribution in [3.05, 3.63) is 123 Å². The number of urea groups is 1. The number of amides is 2. The van der Waals surface area contributed by atoms with Crippen LogP contribution < -0.4 is 5.32 Å². The molecule has 2 N–H and O–H groups in total.